The SMILES string of the molecule is c1ccc(-c2ccc3c4ccc(-c5ccc(-n6ccc7ccc8c9ccccc9n(-c9ccccc9)c8c76)cc5)cc4c4ccccc4c3c2)cc1. The maximum absolute atomic E-state index is 2.42. The van der Waals surface area contributed by atoms with E-state index in [2.05, 4.69) is 203 Å². The average Bonchev–Trinajstić information content (AvgIpc) is 3.81. The second-order valence-corrected chi connectivity index (χ2v) is 13.8. The van der Waals surface area contributed by atoms with Crippen LogP contribution >= 0.6 is 0 Å². The summed E-state index contributed by atoms with van der Waals surface area (Å²) in [5, 5.41) is 11.5. The first kappa shape index (κ1) is 28.9. The Morgan fingerprint density at radius 1 is 0.288 bits per heavy atom. The van der Waals surface area contributed by atoms with Crippen LogP contribution in [-0.2, 0) is 0 Å². The number of benzene rings is 9. The molecule has 0 bridgehead atoms. The van der Waals surface area contributed by atoms with Crippen molar-refractivity contribution in [1.29, 1.82) is 0 Å². The highest BCUT2D eigenvalue weighted by atomic mass is 15.0. The Labute approximate surface area is 301 Å². The summed E-state index contributed by atoms with van der Waals surface area (Å²) in [5.41, 5.74) is 10.9. The summed E-state index contributed by atoms with van der Waals surface area (Å²) in [5.74, 6) is 0. The van der Waals surface area contributed by atoms with Crippen LogP contribution in [0.25, 0.3) is 98.7 Å². The minimum absolute atomic E-state index is 1.14. The molecule has 0 saturated heterocycles. The highest BCUT2D eigenvalue weighted by Gasteiger charge is 2.18. The summed E-state index contributed by atoms with van der Waals surface area (Å²) < 4.78 is 4.77. The van der Waals surface area contributed by atoms with E-state index in [-0.39, 0.29) is 0 Å². The molecule has 0 saturated carbocycles. The van der Waals surface area contributed by atoms with Crippen molar-refractivity contribution >= 4 is 65.0 Å². The van der Waals surface area contributed by atoms with Gasteiger partial charge in [0, 0.05) is 33.7 Å². The second kappa shape index (κ2) is 11.3. The molecule has 2 heterocycles. The fourth-order valence-electron chi connectivity index (χ4n) is 8.49. The van der Waals surface area contributed by atoms with E-state index < -0.39 is 0 Å². The zero-order valence-electron chi connectivity index (χ0n) is 28.4. The van der Waals surface area contributed by atoms with Gasteiger partial charge in [-0.05, 0) is 103 Å². The zero-order chi connectivity index (χ0) is 34.2. The van der Waals surface area contributed by atoms with Crippen LogP contribution < -0.4 is 0 Å². The molecule has 11 aromatic rings. The molecule has 0 aliphatic heterocycles. The van der Waals surface area contributed by atoms with E-state index in [4.69, 9.17) is 0 Å². The van der Waals surface area contributed by atoms with Gasteiger partial charge >= 0.3 is 0 Å². The molecule has 0 radical (unpaired) electrons. The Morgan fingerprint density at radius 2 is 0.808 bits per heavy atom. The van der Waals surface area contributed by atoms with Gasteiger partial charge in [0.15, 0.2) is 0 Å². The van der Waals surface area contributed by atoms with E-state index in [1.165, 1.54) is 87.3 Å². The Bertz CT molecular complexity index is 3130. The maximum Gasteiger partial charge on any atom is 0.0788 e. The zero-order valence-corrected chi connectivity index (χ0v) is 28.4. The van der Waals surface area contributed by atoms with Crippen LogP contribution in [-0.4, -0.2) is 9.13 Å². The first-order chi connectivity index (χ1) is 25.8. The minimum Gasteiger partial charge on any atom is -0.315 e. The quantitative estimate of drug-likeness (QED) is 0.166. The summed E-state index contributed by atoms with van der Waals surface area (Å²) in [6, 6.07) is 68.7. The topological polar surface area (TPSA) is 9.86 Å². The van der Waals surface area contributed by atoms with Gasteiger partial charge in [-0.2, -0.15) is 0 Å². The molecule has 242 valence electrons. The van der Waals surface area contributed by atoms with Crippen LogP contribution in [0, 0.1) is 0 Å². The molecule has 0 N–H and O–H groups in total. The standard InChI is InChI=1S/C50H32N2/c1-3-11-33(12-4-1)36-22-26-42-43-27-23-37(32-47(43)41-16-8-7-15-40(41)46(42)31-36)34-19-24-38(25-20-34)51-30-29-35-21-28-45-44-17-9-10-18-48(44)52(50(45)49(35)51)39-13-5-2-6-14-39/h1-32H. The number of aromatic nitrogens is 2. The first-order valence-corrected chi connectivity index (χ1v) is 17.9. The van der Waals surface area contributed by atoms with Crippen molar-refractivity contribution in [3.63, 3.8) is 0 Å². The Balaban J connectivity index is 1.05. The third kappa shape index (κ3) is 4.31. The number of para-hydroxylation sites is 2. The van der Waals surface area contributed by atoms with Gasteiger partial charge in [-0.1, -0.05) is 140 Å². The van der Waals surface area contributed by atoms with Gasteiger partial charge in [-0.3, -0.25) is 0 Å². The van der Waals surface area contributed by atoms with Crippen molar-refractivity contribution in [2.24, 2.45) is 0 Å². The molecule has 52 heavy (non-hydrogen) atoms. The van der Waals surface area contributed by atoms with Gasteiger partial charge in [-0.15, -0.1) is 0 Å². The molecule has 0 atom stereocenters. The first-order valence-electron chi connectivity index (χ1n) is 17.9. The summed E-state index contributed by atoms with van der Waals surface area (Å²) in [4.78, 5) is 0. The molecule has 0 spiro atoms. The number of hydrogen-bond acceptors (Lipinski definition) is 0. The van der Waals surface area contributed by atoms with E-state index in [1.54, 1.807) is 0 Å². The molecule has 0 aliphatic rings. The van der Waals surface area contributed by atoms with Crippen LogP contribution in [0.4, 0.5) is 0 Å². The van der Waals surface area contributed by atoms with Gasteiger partial charge in [0.1, 0.15) is 0 Å². The average molecular weight is 661 g/mol. The highest BCUT2D eigenvalue weighted by Crippen LogP contribution is 2.40. The summed E-state index contributed by atoms with van der Waals surface area (Å²) in [7, 11) is 0. The molecule has 0 aliphatic carbocycles. The van der Waals surface area contributed by atoms with E-state index in [1.807, 2.05) is 0 Å². The van der Waals surface area contributed by atoms with Crippen molar-refractivity contribution in [3.05, 3.63) is 194 Å². The lowest BCUT2D eigenvalue weighted by molar-refractivity contribution is 1.12. The molecular formula is C50H32N2. The molecule has 2 heteroatoms. The molecule has 2 nitrogen and oxygen atoms in total. The molecule has 11 rings (SSSR count). The van der Waals surface area contributed by atoms with E-state index in [9.17, 15) is 0 Å². The fraction of sp³-hybridized carbons (Fsp3) is 0. The largest absolute Gasteiger partial charge is 0.315 e. The van der Waals surface area contributed by atoms with Crippen molar-refractivity contribution in [1.82, 2.24) is 9.13 Å². The van der Waals surface area contributed by atoms with Crippen LogP contribution in [0.2, 0.25) is 0 Å². The van der Waals surface area contributed by atoms with Gasteiger partial charge in [0.2, 0.25) is 0 Å². The van der Waals surface area contributed by atoms with Crippen molar-refractivity contribution in [3.8, 4) is 33.6 Å². The van der Waals surface area contributed by atoms with E-state index in [0.717, 1.165) is 11.4 Å². The van der Waals surface area contributed by atoms with Gasteiger partial charge < -0.3 is 9.13 Å². The lowest BCUT2D eigenvalue weighted by Crippen LogP contribution is -1.97. The van der Waals surface area contributed by atoms with E-state index >= 15 is 0 Å². The highest BCUT2D eigenvalue weighted by molar-refractivity contribution is 6.26. The van der Waals surface area contributed by atoms with Crippen LogP contribution in [0.15, 0.2) is 194 Å². The molecule has 0 fully saturated rings. The summed E-state index contributed by atoms with van der Waals surface area (Å²) in [6.07, 6.45) is 2.21. The van der Waals surface area contributed by atoms with Crippen molar-refractivity contribution in [2.45, 2.75) is 0 Å². The number of fused-ring (bicyclic) bond motifs is 11. The Kier molecular flexibility index (Phi) is 6.28. The van der Waals surface area contributed by atoms with Crippen molar-refractivity contribution < 1.29 is 0 Å². The molecule has 9 aromatic carbocycles. The number of nitrogens with zero attached hydrogens (tertiary/aromatic N) is 2. The van der Waals surface area contributed by atoms with Gasteiger partial charge in [-0.25, -0.2) is 0 Å². The number of hydrogen-bond donors (Lipinski definition) is 0. The predicted molar refractivity (Wildman–Crippen MR) is 221 cm³/mol. The number of rotatable bonds is 4. The molecule has 2 aromatic heterocycles. The smallest absolute Gasteiger partial charge is 0.0788 e. The molecular weight excluding hydrogens is 629 g/mol. The lowest BCUT2D eigenvalue weighted by Gasteiger charge is -2.14. The van der Waals surface area contributed by atoms with Crippen LogP contribution in [0.3, 0.4) is 0 Å². The predicted octanol–water partition coefficient (Wildman–Crippen LogP) is 13.5. The normalized spacial score (nSPS) is 11.8. The summed E-state index contributed by atoms with van der Waals surface area (Å²) in [6.45, 7) is 0. The van der Waals surface area contributed by atoms with Crippen LogP contribution in [0.1, 0.15) is 0 Å². The maximum atomic E-state index is 2.42. The minimum atomic E-state index is 1.14. The van der Waals surface area contributed by atoms with Gasteiger partial charge in [0.25, 0.3) is 0 Å². The lowest BCUT2D eigenvalue weighted by atomic mass is 9.90. The fourth-order valence-corrected chi connectivity index (χ4v) is 8.49. The van der Waals surface area contributed by atoms with E-state index in [0.29, 0.717) is 0 Å². The molecule has 0 unspecified atom stereocenters. The van der Waals surface area contributed by atoms with Gasteiger partial charge in [0.05, 0.1) is 16.6 Å². The third-order valence-electron chi connectivity index (χ3n) is 10.9. The Hall–Kier alpha value is -6.90. The second-order valence-electron chi connectivity index (χ2n) is 13.8. The van der Waals surface area contributed by atoms with Crippen molar-refractivity contribution in [2.75, 3.05) is 0 Å². The molecule has 0 amide bonds. The Morgan fingerprint density at radius 3 is 1.48 bits per heavy atom. The van der Waals surface area contributed by atoms with Crippen LogP contribution in [0.5, 0.6) is 0 Å². The summed E-state index contributed by atoms with van der Waals surface area (Å²) >= 11 is 0. The third-order valence-corrected chi connectivity index (χ3v) is 10.9. The monoisotopic (exact) mass is 660 g/mol.